The van der Waals surface area contributed by atoms with Crippen LogP contribution >= 0.6 is 0 Å². The number of hydrogen-bond acceptors (Lipinski definition) is 2. The van der Waals surface area contributed by atoms with Gasteiger partial charge in [-0.3, -0.25) is 0 Å². The second kappa shape index (κ2) is 9.21. The molecule has 0 aliphatic heterocycles. The Bertz CT molecular complexity index is 484. The number of rotatable bonds is 10. The number of nitrogens with zero attached hydrogens (tertiary/aromatic N) is 1. The van der Waals surface area contributed by atoms with Crippen LogP contribution in [0.25, 0.3) is 0 Å². The van der Waals surface area contributed by atoms with Crippen LogP contribution in [-0.4, -0.2) is 25.8 Å². The minimum Gasteiger partial charge on any atom is -0.207 e. The van der Waals surface area contributed by atoms with Gasteiger partial charge >= 0.3 is 0 Å². The van der Waals surface area contributed by atoms with Crippen molar-refractivity contribution in [3.8, 4) is 0 Å². The van der Waals surface area contributed by atoms with E-state index in [1.807, 2.05) is 19.1 Å². The first-order chi connectivity index (χ1) is 10.0. The van der Waals surface area contributed by atoms with E-state index in [1.165, 1.54) is 0 Å². The van der Waals surface area contributed by atoms with Crippen LogP contribution in [-0.2, 0) is 10.0 Å². The van der Waals surface area contributed by atoms with E-state index in [9.17, 15) is 8.42 Å². The molecular formula is C17H29NO2S. The van der Waals surface area contributed by atoms with E-state index in [4.69, 9.17) is 0 Å². The molecule has 0 aliphatic rings. The van der Waals surface area contributed by atoms with Crippen molar-refractivity contribution in [2.75, 3.05) is 13.1 Å². The van der Waals surface area contributed by atoms with Crippen LogP contribution in [0.2, 0.25) is 0 Å². The maximum Gasteiger partial charge on any atom is 0.243 e. The summed E-state index contributed by atoms with van der Waals surface area (Å²) in [5.74, 6) is 0. The smallest absolute Gasteiger partial charge is 0.207 e. The molecule has 0 saturated heterocycles. The van der Waals surface area contributed by atoms with E-state index < -0.39 is 10.0 Å². The predicted molar refractivity (Wildman–Crippen MR) is 89.0 cm³/mol. The maximum atomic E-state index is 12.8. The molecule has 0 spiro atoms. The van der Waals surface area contributed by atoms with Gasteiger partial charge in [0.05, 0.1) is 4.90 Å². The molecule has 0 radical (unpaired) electrons. The SMILES string of the molecule is CCCCCN(CCCCC)S(=O)(=O)c1ccc(C)cc1. The van der Waals surface area contributed by atoms with E-state index in [0.29, 0.717) is 18.0 Å². The molecule has 1 aromatic rings. The van der Waals surface area contributed by atoms with Crippen LogP contribution in [0, 0.1) is 6.92 Å². The molecule has 0 fully saturated rings. The molecule has 1 aromatic carbocycles. The minimum atomic E-state index is -3.35. The average molecular weight is 311 g/mol. The third kappa shape index (κ3) is 5.79. The summed E-state index contributed by atoms with van der Waals surface area (Å²) in [5.41, 5.74) is 1.08. The zero-order valence-electron chi connectivity index (χ0n) is 13.6. The summed E-state index contributed by atoms with van der Waals surface area (Å²) in [5, 5.41) is 0. The Balaban J connectivity index is 2.84. The lowest BCUT2D eigenvalue weighted by molar-refractivity contribution is 0.388. The third-order valence-corrected chi connectivity index (χ3v) is 5.59. The van der Waals surface area contributed by atoms with Crippen LogP contribution in [0.3, 0.4) is 0 Å². The first-order valence-corrected chi connectivity index (χ1v) is 9.53. The van der Waals surface area contributed by atoms with E-state index >= 15 is 0 Å². The van der Waals surface area contributed by atoms with Crippen LogP contribution in [0.1, 0.15) is 57.9 Å². The van der Waals surface area contributed by atoms with E-state index in [0.717, 1.165) is 44.1 Å². The van der Waals surface area contributed by atoms with Crippen molar-refractivity contribution < 1.29 is 8.42 Å². The molecule has 0 N–H and O–H groups in total. The standard InChI is InChI=1S/C17H29NO2S/c1-4-6-8-14-18(15-9-7-5-2)21(19,20)17-12-10-16(3)11-13-17/h10-13H,4-9,14-15H2,1-3H3. The van der Waals surface area contributed by atoms with Gasteiger partial charge in [-0.15, -0.1) is 0 Å². The van der Waals surface area contributed by atoms with E-state index in [2.05, 4.69) is 13.8 Å². The van der Waals surface area contributed by atoms with Crippen molar-refractivity contribution in [2.24, 2.45) is 0 Å². The number of hydrogen-bond donors (Lipinski definition) is 0. The van der Waals surface area contributed by atoms with E-state index in [-0.39, 0.29) is 0 Å². The Morgan fingerprint density at radius 2 is 1.33 bits per heavy atom. The van der Waals surface area contributed by atoms with Gasteiger partial charge in [0.25, 0.3) is 0 Å². The topological polar surface area (TPSA) is 37.4 Å². The van der Waals surface area contributed by atoms with Crippen LogP contribution < -0.4 is 0 Å². The Morgan fingerprint density at radius 1 is 0.857 bits per heavy atom. The monoisotopic (exact) mass is 311 g/mol. The van der Waals surface area contributed by atoms with Gasteiger partial charge in [0, 0.05) is 13.1 Å². The van der Waals surface area contributed by atoms with Gasteiger partial charge in [-0.25, -0.2) is 8.42 Å². The minimum absolute atomic E-state index is 0.418. The fourth-order valence-electron chi connectivity index (χ4n) is 2.29. The van der Waals surface area contributed by atoms with Crippen LogP contribution in [0.5, 0.6) is 0 Å². The fourth-order valence-corrected chi connectivity index (χ4v) is 3.80. The molecule has 3 nitrogen and oxygen atoms in total. The number of benzene rings is 1. The summed E-state index contributed by atoms with van der Waals surface area (Å²) >= 11 is 0. The summed E-state index contributed by atoms with van der Waals surface area (Å²) in [6.07, 6.45) is 6.24. The molecular weight excluding hydrogens is 282 g/mol. The Hall–Kier alpha value is -0.870. The largest absolute Gasteiger partial charge is 0.243 e. The first-order valence-electron chi connectivity index (χ1n) is 8.09. The molecule has 0 saturated carbocycles. The quantitative estimate of drug-likeness (QED) is 0.602. The predicted octanol–water partition coefficient (Wildman–Crippen LogP) is 4.37. The van der Waals surface area contributed by atoms with Gasteiger partial charge in [-0.2, -0.15) is 4.31 Å². The van der Waals surface area contributed by atoms with Gasteiger partial charge in [0.2, 0.25) is 10.0 Å². The zero-order valence-corrected chi connectivity index (χ0v) is 14.5. The molecule has 0 unspecified atom stereocenters. The molecule has 120 valence electrons. The summed E-state index contributed by atoms with van der Waals surface area (Å²) in [4.78, 5) is 0.418. The lowest BCUT2D eigenvalue weighted by Crippen LogP contribution is -2.33. The van der Waals surface area contributed by atoms with Crippen LogP contribution in [0.4, 0.5) is 0 Å². The van der Waals surface area contributed by atoms with Gasteiger partial charge in [0.15, 0.2) is 0 Å². The Kier molecular flexibility index (Phi) is 7.97. The number of unbranched alkanes of at least 4 members (excludes halogenated alkanes) is 4. The van der Waals surface area contributed by atoms with Gasteiger partial charge in [0.1, 0.15) is 0 Å². The van der Waals surface area contributed by atoms with Crippen molar-refractivity contribution in [2.45, 2.75) is 64.2 Å². The maximum absolute atomic E-state index is 12.8. The highest BCUT2D eigenvalue weighted by atomic mass is 32.2. The second-order valence-electron chi connectivity index (χ2n) is 5.63. The van der Waals surface area contributed by atoms with E-state index in [1.54, 1.807) is 16.4 Å². The van der Waals surface area contributed by atoms with Crippen molar-refractivity contribution in [3.05, 3.63) is 29.8 Å². The summed E-state index contributed by atoms with van der Waals surface area (Å²) < 4.78 is 27.2. The number of aryl methyl sites for hydroxylation is 1. The molecule has 0 atom stereocenters. The number of sulfonamides is 1. The van der Waals surface area contributed by atoms with Gasteiger partial charge < -0.3 is 0 Å². The average Bonchev–Trinajstić information content (AvgIpc) is 2.46. The molecule has 21 heavy (non-hydrogen) atoms. The van der Waals surface area contributed by atoms with Crippen molar-refractivity contribution in [1.29, 1.82) is 0 Å². The lowest BCUT2D eigenvalue weighted by atomic mass is 10.2. The Labute approximate surface area is 130 Å². The highest BCUT2D eigenvalue weighted by molar-refractivity contribution is 7.89. The summed E-state index contributed by atoms with van der Waals surface area (Å²) in [7, 11) is -3.35. The lowest BCUT2D eigenvalue weighted by Gasteiger charge is -2.22. The van der Waals surface area contributed by atoms with Crippen molar-refractivity contribution in [3.63, 3.8) is 0 Å². The van der Waals surface area contributed by atoms with Gasteiger partial charge in [-0.05, 0) is 31.9 Å². The molecule has 0 bridgehead atoms. The molecule has 4 heteroatoms. The van der Waals surface area contributed by atoms with Crippen molar-refractivity contribution in [1.82, 2.24) is 4.31 Å². The highest BCUT2D eigenvalue weighted by Crippen LogP contribution is 2.18. The third-order valence-electron chi connectivity index (χ3n) is 3.68. The van der Waals surface area contributed by atoms with Crippen LogP contribution in [0.15, 0.2) is 29.2 Å². The second-order valence-corrected chi connectivity index (χ2v) is 7.57. The fraction of sp³-hybridized carbons (Fsp3) is 0.647. The van der Waals surface area contributed by atoms with Crippen molar-refractivity contribution >= 4 is 10.0 Å². The molecule has 0 aliphatic carbocycles. The summed E-state index contributed by atoms with van der Waals surface area (Å²) in [6.45, 7) is 7.50. The first kappa shape index (κ1) is 18.2. The molecule has 0 heterocycles. The molecule has 1 rings (SSSR count). The molecule has 0 amide bonds. The summed E-state index contributed by atoms with van der Waals surface area (Å²) in [6, 6.07) is 7.17. The highest BCUT2D eigenvalue weighted by Gasteiger charge is 2.23. The Morgan fingerprint density at radius 3 is 1.76 bits per heavy atom. The molecule has 0 aromatic heterocycles. The normalized spacial score (nSPS) is 12.0. The van der Waals surface area contributed by atoms with Gasteiger partial charge in [-0.1, -0.05) is 57.2 Å². The zero-order chi connectivity index (χ0) is 15.7.